The molecule has 0 aromatic carbocycles. The van der Waals surface area contributed by atoms with Gasteiger partial charge in [-0.15, -0.1) is 0 Å². The van der Waals surface area contributed by atoms with Crippen LogP contribution >= 0.6 is 11.9 Å². The van der Waals surface area contributed by atoms with Crippen LogP contribution in [-0.2, 0) is 0 Å². The molecule has 0 saturated heterocycles. The minimum absolute atomic E-state index is 1.13. The van der Waals surface area contributed by atoms with Gasteiger partial charge in [0, 0.05) is 12.0 Å². The third-order valence-corrected chi connectivity index (χ3v) is 2.20. The van der Waals surface area contributed by atoms with E-state index in [2.05, 4.69) is 25.2 Å². The summed E-state index contributed by atoms with van der Waals surface area (Å²) in [6.07, 6.45) is 12.7. The Morgan fingerprint density at radius 3 is 2.71 bits per heavy atom. The minimum Gasteiger partial charge on any atom is -0.259 e. The van der Waals surface area contributed by atoms with Crippen LogP contribution in [-0.4, -0.2) is 11.5 Å². The summed E-state index contributed by atoms with van der Waals surface area (Å²) in [5.41, 5.74) is 0. The zero-order valence-electron chi connectivity index (χ0n) is 9.23. The highest BCUT2D eigenvalue weighted by Crippen LogP contribution is 2.17. The Morgan fingerprint density at radius 2 is 2.21 bits per heavy atom. The summed E-state index contributed by atoms with van der Waals surface area (Å²) in [6, 6.07) is 0. The monoisotopic (exact) mass is 212 g/mol. The van der Waals surface area contributed by atoms with E-state index in [1.54, 1.807) is 4.41 Å². The van der Waals surface area contributed by atoms with Crippen molar-refractivity contribution in [2.24, 2.45) is 5.84 Å². The molecule has 0 bridgehead atoms. The molecule has 0 aromatic heterocycles. The van der Waals surface area contributed by atoms with Gasteiger partial charge in [-0.3, -0.25) is 5.84 Å². The van der Waals surface area contributed by atoms with Gasteiger partial charge in [0.1, 0.15) is 0 Å². The molecule has 0 aliphatic rings. The van der Waals surface area contributed by atoms with E-state index in [-0.39, 0.29) is 0 Å². The van der Waals surface area contributed by atoms with Gasteiger partial charge in [-0.25, -0.2) is 0 Å². The summed E-state index contributed by atoms with van der Waals surface area (Å²) in [5, 5.41) is 0. The molecule has 3 heteroatoms. The van der Waals surface area contributed by atoms with E-state index in [9.17, 15) is 0 Å². The van der Waals surface area contributed by atoms with Crippen LogP contribution in [0.15, 0.2) is 35.3 Å². The first-order valence-corrected chi connectivity index (χ1v) is 5.64. The van der Waals surface area contributed by atoms with Crippen molar-refractivity contribution in [3.05, 3.63) is 35.3 Å². The fourth-order valence-electron chi connectivity index (χ4n) is 0.873. The first-order valence-electron chi connectivity index (χ1n) is 4.86. The number of allylic oxidation sites excluding steroid dienone is 5. The van der Waals surface area contributed by atoms with E-state index in [0.29, 0.717) is 0 Å². The number of nitrogens with two attached hydrogens (primary N) is 1. The second kappa shape index (κ2) is 9.06. The van der Waals surface area contributed by atoms with E-state index < -0.39 is 0 Å². The maximum absolute atomic E-state index is 5.55. The SMILES string of the molecule is C\C=C/C(=C\C=C\CCC)SN(C)N. The van der Waals surface area contributed by atoms with Crippen LogP contribution in [0.5, 0.6) is 0 Å². The number of hydrogen-bond donors (Lipinski definition) is 1. The predicted molar refractivity (Wildman–Crippen MR) is 66.5 cm³/mol. The topological polar surface area (TPSA) is 29.3 Å². The second-order valence-electron chi connectivity index (χ2n) is 2.92. The molecular formula is C11H20N2S. The molecule has 0 unspecified atom stereocenters. The lowest BCUT2D eigenvalue weighted by atomic mass is 10.3. The Bertz CT molecular complexity index is 217. The molecule has 0 fully saturated rings. The van der Waals surface area contributed by atoms with Crippen molar-refractivity contribution in [1.29, 1.82) is 0 Å². The molecule has 0 radical (unpaired) electrons. The summed E-state index contributed by atoms with van der Waals surface area (Å²) in [4.78, 5) is 1.14. The highest BCUT2D eigenvalue weighted by molar-refractivity contribution is 8.01. The zero-order chi connectivity index (χ0) is 10.8. The van der Waals surface area contributed by atoms with Crippen molar-refractivity contribution >= 4 is 11.9 Å². The molecule has 0 aliphatic carbocycles. The van der Waals surface area contributed by atoms with Gasteiger partial charge in [-0.1, -0.05) is 37.6 Å². The molecule has 0 aromatic rings. The normalized spacial score (nSPS) is 13.6. The number of hydrogen-bond acceptors (Lipinski definition) is 3. The lowest BCUT2D eigenvalue weighted by molar-refractivity contribution is 0.613. The number of rotatable bonds is 6. The van der Waals surface area contributed by atoms with Gasteiger partial charge < -0.3 is 0 Å². The van der Waals surface area contributed by atoms with Crippen molar-refractivity contribution in [3.63, 3.8) is 0 Å². The standard InChI is InChI=1S/C11H20N2S/c1-4-6-7-8-10-11(9-5-2)14-13(3)12/h5,7-10H,4,6,12H2,1-3H3/b8-7+,9-5-,11-10+. The Hall–Kier alpha value is -0.510. The van der Waals surface area contributed by atoms with Crippen LogP contribution in [0, 0.1) is 0 Å². The van der Waals surface area contributed by atoms with Crippen LogP contribution in [0.25, 0.3) is 0 Å². The largest absolute Gasteiger partial charge is 0.259 e. The second-order valence-corrected chi connectivity index (χ2v) is 4.15. The Labute approximate surface area is 91.6 Å². The molecule has 0 amide bonds. The van der Waals surface area contributed by atoms with Crippen molar-refractivity contribution in [2.75, 3.05) is 7.05 Å². The minimum atomic E-state index is 1.13. The van der Waals surface area contributed by atoms with Crippen molar-refractivity contribution in [2.45, 2.75) is 26.7 Å². The maximum Gasteiger partial charge on any atom is 0.0239 e. The summed E-state index contributed by atoms with van der Waals surface area (Å²) in [5.74, 6) is 5.55. The lowest BCUT2D eigenvalue weighted by Crippen LogP contribution is -2.16. The number of hydrazine groups is 1. The molecule has 0 heterocycles. The Morgan fingerprint density at radius 1 is 1.50 bits per heavy atom. The third kappa shape index (κ3) is 8.10. The summed E-state index contributed by atoms with van der Waals surface area (Å²) in [6.45, 7) is 4.17. The molecule has 2 nitrogen and oxygen atoms in total. The maximum atomic E-state index is 5.55. The van der Waals surface area contributed by atoms with Crippen LogP contribution < -0.4 is 5.84 Å². The first kappa shape index (κ1) is 13.5. The summed E-state index contributed by atoms with van der Waals surface area (Å²) < 4.78 is 1.60. The summed E-state index contributed by atoms with van der Waals surface area (Å²) in [7, 11) is 1.83. The molecule has 0 saturated carbocycles. The molecule has 0 rings (SSSR count). The first-order chi connectivity index (χ1) is 6.70. The highest BCUT2D eigenvalue weighted by Gasteiger charge is 1.94. The van der Waals surface area contributed by atoms with Gasteiger partial charge in [-0.05, 0) is 31.4 Å². The highest BCUT2D eigenvalue weighted by atomic mass is 32.2. The van der Waals surface area contributed by atoms with Crippen LogP contribution in [0.4, 0.5) is 0 Å². The predicted octanol–water partition coefficient (Wildman–Crippen LogP) is 3.26. The average molecular weight is 212 g/mol. The Balaban J connectivity index is 4.18. The lowest BCUT2D eigenvalue weighted by Gasteiger charge is -2.07. The van der Waals surface area contributed by atoms with E-state index in [1.165, 1.54) is 18.4 Å². The zero-order valence-corrected chi connectivity index (χ0v) is 10.1. The summed E-state index contributed by atoms with van der Waals surface area (Å²) >= 11 is 1.52. The number of nitrogens with zero attached hydrogens (tertiary/aromatic N) is 1. The van der Waals surface area contributed by atoms with Crippen LogP contribution in [0.1, 0.15) is 26.7 Å². The van der Waals surface area contributed by atoms with Gasteiger partial charge in [-0.2, -0.15) is 4.41 Å². The van der Waals surface area contributed by atoms with E-state index in [0.717, 1.165) is 11.3 Å². The molecule has 0 aliphatic heterocycles. The third-order valence-electron chi connectivity index (χ3n) is 1.43. The molecular weight excluding hydrogens is 192 g/mol. The van der Waals surface area contributed by atoms with Gasteiger partial charge in [0.2, 0.25) is 0 Å². The molecule has 2 N–H and O–H groups in total. The number of unbranched alkanes of at least 4 members (excludes halogenated alkanes) is 1. The fourth-order valence-corrected chi connectivity index (χ4v) is 1.54. The van der Waals surface area contributed by atoms with Gasteiger partial charge in [0.15, 0.2) is 0 Å². The van der Waals surface area contributed by atoms with Crippen molar-refractivity contribution in [1.82, 2.24) is 4.41 Å². The molecule has 80 valence electrons. The van der Waals surface area contributed by atoms with Crippen LogP contribution in [0.3, 0.4) is 0 Å². The molecule has 0 spiro atoms. The molecule has 14 heavy (non-hydrogen) atoms. The van der Waals surface area contributed by atoms with E-state index in [1.807, 2.05) is 26.1 Å². The quantitative estimate of drug-likeness (QED) is 0.317. The fraction of sp³-hybridized carbons (Fsp3) is 0.455. The average Bonchev–Trinajstić information content (AvgIpc) is 2.12. The van der Waals surface area contributed by atoms with Gasteiger partial charge >= 0.3 is 0 Å². The van der Waals surface area contributed by atoms with E-state index >= 15 is 0 Å². The van der Waals surface area contributed by atoms with Gasteiger partial charge in [0.05, 0.1) is 0 Å². The molecule has 0 atom stereocenters. The smallest absolute Gasteiger partial charge is 0.0239 e. The van der Waals surface area contributed by atoms with Gasteiger partial charge in [0.25, 0.3) is 0 Å². The Kier molecular flexibility index (Phi) is 8.73. The van der Waals surface area contributed by atoms with Crippen LogP contribution in [0.2, 0.25) is 0 Å². The van der Waals surface area contributed by atoms with Crippen molar-refractivity contribution < 1.29 is 0 Å². The van der Waals surface area contributed by atoms with E-state index in [4.69, 9.17) is 5.84 Å². The van der Waals surface area contributed by atoms with Crippen molar-refractivity contribution in [3.8, 4) is 0 Å².